The van der Waals surface area contributed by atoms with Crippen LogP contribution in [0.4, 0.5) is 5.82 Å². The highest BCUT2D eigenvalue weighted by atomic mass is 79.9. The molecule has 2 aromatic heterocycles. The van der Waals surface area contributed by atoms with E-state index in [1.807, 2.05) is 6.20 Å². The van der Waals surface area contributed by atoms with Crippen molar-refractivity contribution in [1.29, 1.82) is 0 Å². The smallest absolute Gasteiger partial charge is 0.142 e. The van der Waals surface area contributed by atoms with Crippen molar-refractivity contribution in [3.05, 3.63) is 41.0 Å². The zero-order valence-corrected chi connectivity index (χ0v) is 19.0. The maximum absolute atomic E-state index is 5.97. The predicted molar refractivity (Wildman–Crippen MR) is 120 cm³/mol. The second kappa shape index (κ2) is 8.62. The van der Waals surface area contributed by atoms with Crippen LogP contribution in [-0.4, -0.2) is 39.8 Å². The highest BCUT2D eigenvalue weighted by Gasteiger charge is 2.16. The molecule has 0 unspecified atom stereocenters. The number of fused-ring (bicyclic) bond motifs is 1. The van der Waals surface area contributed by atoms with Gasteiger partial charge in [-0.05, 0) is 65.0 Å². The van der Waals surface area contributed by atoms with Crippen LogP contribution in [0.3, 0.4) is 0 Å². The molecule has 1 aromatic carbocycles. The van der Waals surface area contributed by atoms with Gasteiger partial charge in [0.1, 0.15) is 11.6 Å². The maximum atomic E-state index is 5.97. The van der Waals surface area contributed by atoms with Crippen molar-refractivity contribution in [2.24, 2.45) is 0 Å². The van der Waals surface area contributed by atoms with E-state index in [-0.39, 0.29) is 5.60 Å². The summed E-state index contributed by atoms with van der Waals surface area (Å²) >= 11 is 3.55. The van der Waals surface area contributed by atoms with Gasteiger partial charge in [0, 0.05) is 35.9 Å². The van der Waals surface area contributed by atoms with E-state index in [1.165, 1.54) is 0 Å². The molecule has 0 radical (unpaired) electrons. The molecule has 0 spiro atoms. The lowest BCUT2D eigenvalue weighted by Crippen LogP contribution is -2.23. The Balaban J connectivity index is 1.98. The Morgan fingerprint density at radius 2 is 1.86 bits per heavy atom. The van der Waals surface area contributed by atoms with Crippen molar-refractivity contribution in [3.63, 3.8) is 0 Å². The first-order valence-corrected chi connectivity index (χ1v) is 10.6. The Labute approximate surface area is 175 Å². The topological polar surface area (TPSA) is 43.2 Å². The third kappa shape index (κ3) is 4.73. The molecule has 5 nitrogen and oxygen atoms in total. The lowest BCUT2D eigenvalue weighted by atomic mass is 10.2. The molecular formula is C22H29BrN4O. The van der Waals surface area contributed by atoms with Gasteiger partial charge in [-0.2, -0.15) is 0 Å². The van der Waals surface area contributed by atoms with Gasteiger partial charge in [0.2, 0.25) is 0 Å². The molecule has 0 amide bonds. The number of halogens is 1. The number of anilines is 1. The van der Waals surface area contributed by atoms with E-state index in [0.717, 1.165) is 52.3 Å². The predicted octanol–water partition coefficient (Wildman–Crippen LogP) is 5.52. The Kier molecular flexibility index (Phi) is 6.40. The van der Waals surface area contributed by atoms with Gasteiger partial charge in [-0.3, -0.25) is 0 Å². The number of aromatic nitrogens is 3. The molecule has 0 fully saturated rings. The van der Waals surface area contributed by atoms with Crippen molar-refractivity contribution in [1.82, 2.24) is 14.5 Å². The molecule has 0 saturated carbocycles. The first-order valence-electron chi connectivity index (χ1n) is 9.83. The third-order valence-corrected chi connectivity index (χ3v) is 5.15. The van der Waals surface area contributed by atoms with Crippen LogP contribution in [0.5, 0.6) is 0 Å². The molecule has 0 N–H and O–H groups in total. The molecule has 28 heavy (non-hydrogen) atoms. The third-order valence-electron chi connectivity index (χ3n) is 4.65. The van der Waals surface area contributed by atoms with Crippen LogP contribution in [-0.2, 0) is 11.3 Å². The highest BCUT2D eigenvalue weighted by Crippen LogP contribution is 2.27. The van der Waals surface area contributed by atoms with Crippen LogP contribution in [0.2, 0.25) is 0 Å². The van der Waals surface area contributed by atoms with Crippen molar-refractivity contribution < 1.29 is 4.74 Å². The van der Waals surface area contributed by atoms with Gasteiger partial charge in [0.25, 0.3) is 0 Å². The van der Waals surface area contributed by atoms with E-state index in [1.54, 1.807) is 0 Å². The van der Waals surface area contributed by atoms with Crippen molar-refractivity contribution >= 4 is 32.8 Å². The number of pyridine rings is 1. The van der Waals surface area contributed by atoms with Crippen molar-refractivity contribution in [2.45, 2.75) is 46.8 Å². The van der Waals surface area contributed by atoms with E-state index in [2.05, 4.69) is 95.3 Å². The number of imidazole rings is 1. The summed E-state index contributed by atoms with van der Waals surface area (Å²) in [6.07, 6.45) is 1.92. The molecule has 0 saturated heterocycles. The van der Waals surface area contributed by atoms with E-state index in [4.69, 9.17) is 9.72 Å². The molecule has 150 valence electrons. The normalized spacial score (nSPS) is 11.9. The summed E-state index contributed by atoms with van der Waals surface area (Å²) in [5, 5.41) is 0. The Morgan fingerprint density at radius 3 is 2.46 bits per heavy atom. The minimum atomic E-state index is -0.160. The number of hydrogen-bond acceptors (Lipinski definition) is 4. The first kappa shape index (κ1) is 20.8. The summed E-state index contributed by atoms with van der Waals surface area (Å²) in [6, 6.07) is 10.4. The van der Waals surface area contributed by atoms with Gasteiger partial charge < -0.3 is 14.2 Å². The van der Waals surface area contributed by atoms with Gasteiger partial charge in [0.15, 0.2) is 0 Å². The monoisotopic (exact) mass is 444 g/mol. The number of ether oxygens (including phenoxy) is 1. The fraction of sp³-hybridized carbons (Fsp3) is 0.455. The minimum absolute atomic E-state index is 0.160. The molecule has 0 aliphatic carbocycles. The molecule has 6 heteroatoms. The number of rotatable bonds is 7. The van der Waals surface area contributed by atoms with Gasteiger partial charge in [-0.1, -0.05) is 15.9 Å². The molecule has 3 aromatic rings. The van der Waals surface area contributed by atoms with Crippen LogP contribution < -0.4 is 4.90 Å². The molecule has 0 bridgehead atoms. The molecule has 0 aliphatic heterocycles. The van der Waals surface area contributed by atoms with E-state index in [9.17, 15) is 0 Å². The van der Waals surface area contributed by atoms with Gasteiger partial charge >= 0.3 is 0 Å². The standard InChI is InChI=1S/C22H29BrN4O/c1-6-26(7-2)20-11-8-16(15-24-20)21-25-18-14-17(23)9-10-19(18)27(21)12-13-28-22(3,4)5/h8-11,14-15H,6-7,12-13H2,1-5H3. The Morgan fingerprint density at radius 1 is 1.11 bits per heavy atom. The second-order valence-electron chi connectivity index (χ2n) is 7.76. The van der Waals surface area contributed by atoms with E-state index in [0.29, 0.717) is 6.61 Å². The molecule has 0 atom stereocenters. The lowest BCUT2D eigenvalue weighted by molar-refractivity contribution is -0.00635. The van der Waals surface area contributed by atoms with Gasteiger partial charge in [0.05, 0.1) is 23.2 Å². The average Bonchev–Trinajstić information content (AvgIpc) is 3.00. The zero-order valence-electron chi connectivity index (χ0n) is 17.4. The Bertz CT molecular complexity index is 924. The summed E-state index contributed by atoms with van der Waals surface area (Å²) in [7, 11) is 0. The fourth-order valence-corrected chi connectivity index (χ4v) is 3.59. The quantitative estimate of drug-likeness (QED) is 0.480. The summed E-state index contributed by atoms with van der Waals surface area (Å²) < 4.78 is 9.21. The maximum Gasteiger partial charge on any atom is 0.142 e. The first-order chi connectivity index (χ1) is 13.3. The number of hydrogen-bond donors (Lipinski definition) is 0. The zero-order chi connectivity index (χ0) is 20.3. The SMILES string of the molecule is CCN(CC)c1ccc(-c2nc3cc(Br)ccc3n2CCOC(C)(C)C)cn1. The van der Waals surface area contributed by atoms with Crippen LogP contribution >= 0.6 is 15.9 Å². The van der Waals surface area contributed by atoms with Gasteiger partial charge in [-0.15, -0.1) is 0 Å². The molecule has 3 rings (SSSR count). The largest absolute Gasteiger partial charge is 0.374 e. The van der Waals surface area contributed by atoms with Gasteiger partial charge in [-0.25, -0.2) is 9.97 Å². The average molecular weight is 445 g/mol. The molecule has 0 aliphatic rings. The second-order valence-corrected chi connectivity index (χ2v) is 8.67. The van der Waals surface area contributed by atoms with Crippen molar-refractivity contribution in [2.75, 3.05) is 24.6 Å². The van der Waals surface area contributed by atoms with Crippen molar-refractivity contribution in [3.8, 4) is 11.4 Å². The lowest BCUT2D eigenvalue weighted by Gasteiger charge is -2.21. The van der Waals surface area contributed by atoms with Crippen LogP contribution in [0.15, 0.2) is 41.0 Å². The molecule has 2 heterocycles. The minimum Gasteiger partial charge on any atom is -0.374 e. The molecular weight excluding hydrogens is 416 g/mol. The summed E-state index contributed by atoms with van der Waals surface area (Å²) in [5.41, 5.74) is 2.92. The fourth-order valence-electron chi connectivity index (χ4n) is 3.25. The van der Waals surface area contributed by atoms with Crippen LogP contribution in [0.25, 0.3) is 22.4 Å². The summed E-state index contributed by atoms with van der Waals surface area (Å²) in [5.74, 6) is 1.92. The number of nitrogens with zero attached hydrogens (tertiary/aromatic N) is 4. The summed E-state index contributed by atoms with van der Waals surface area (Å²) in [4.78, 5) is 11.8. The van der Waals surface area contributed by atoms with E-state index >= 15 is 0 Å². The van der Waals surface area contributed by atoms with Crippen LogP contribution in [0, 0.1) is 0 Å². The summed E-state index contributed by atoms with van der Waals surface area (Å²) in [6.45, 7) is 13.8. The van der Waals surface area contributed by atoms with Crippen LogP contribution in [0.1, 0.15) is 34.6 Å². The van der Waals surface area contributed by atoms with E-state index < -0.39 is 0 Å². The highest BCUT2D eigenvalue weighted by molar-refractivity contribution is 9.10. The Hall–Kier alpha value is -1.92. The number of benzene rings is 1.